The molecular weight excluding hydrogens is 274 g/mol. The summed E-state index contributed by atoms with van der Waals surface area (Å²) in [5, 5.41) is 19.0. The summed E-state index contributed by atoms with van der Waals surface area (Å²) in [5.74, 6) is -1.90. The summed E-state index contributed by atoms with van der Waals surface area (Å²) in [6.07, 6.45) is 0. The summed E-state index contributed by atoms with van der Waals surface area (Å²) in [5.41, 5.74) is 7.17. The molecule has 4 N–H and O–H groups in total. The number of hydrogen-bond donors (Lipinski definition) is 3. The molecular formula is C11H14BrNO3. The van der Waals surface area contributed by atoms with Gasteiger partial charge in [0.25, 0.3) is 0 Å². The topological polar surface area (TPSA) is 83.6 Å². The molecule has 0 radical (unpaired) electrons. The summed E-state index contributed by atoms with van der Waals surface area (Å²) >= 11 is 3.33. The molecule has 0 aliphatic rings. The Bertz CT molecular complexity index is 405. The number of halogens is 1. The molecule has 1 rings (SSSR count). The maximum absolute atomic E-state index is 11.1. The maximum atomic E-state index is 11.1. The van der Waals surface area contributed by atoms with Gasteiger partial charge in [-0.25, -0.2) is 0 Å². The number of carboxylic acid groups (broad SMARTS) is 1. The molecule has 4 nitrogen and oxygen atoms in total. The van der Waals surface area contributed by atoms with E-state index in [1.165, 1.54) is 0 Å². The normalized spacial score (nSPS) is 12.5. The highest BCUT2D eigenvalue weighted by atomic mass is 79.9. The lowest BCUT2D eigenvalue weighted by atomic mass is 9.92. The Kier molecular flexibility index (Phi) is 3.93. The van der Waals surface area contributed by atoms with Crippen LogP contribution < -0.4 is 5.73 Å². The molecule has 5 heteroatoms. The lowest BCUT2D eigenvalue weighted by Crippen LogP contribution is -2.22. The third kappa shape index (κ3) is 2.20. The van der Waals surface area contributed by atoms with Crippen molar-refractivity contribution in [2.75, 3.05) is 6.54 Å². The van der Waals surface area contributed by atoms with Crippen LogP contribution in [-0.4, -0.2) is 22.7 Å². The number of carbonyl (C=O) groups is 1. The van der Waals surface area contributed by atoms with Crippen molar-refractivity contribution in [1.82, 2.24) is 0 Å². The lowest BCUT2D eigenvalue weighted by Gasteiger charge is -2.17. The number of rotatable bonds is 3. The average molecular weight is 288 g/mol. The number of aryl methyl sites for hydroxylation is 1. The minimum atomic E-state index is -1.03. The van der Waals surface area contributed by atoms with Gasteiger partial charge in [-0.15, -0.1) is 0 Å². The first-order chi connectivity index (χ1) is 7.40. The highest BCUT2D eigenvalue weighted by molar-refractivity contribution is 9.10. The van der Waals surface area contributed by atoms with Crippen LogP contribution in [0, 0.1) is 13.8 Å². The van der Waals surface area contributed by atoms with Crippen LogP contribution in [0.1, 0.15) is 22.6 Å². The zero-order chi connectivity index (χ0) is 12.5. The highest BCUT2D eigenvalue weighted by Gasteiger charge is 2.25. The molecule has 0 aliphatic heterocycles. The van der Waals surface area contributed by atoms with Gasteiger partial charge in [-0.2, -0.15) is 0 Å². The van der Waals surface area contributed by atoms with Crippen molar-refractivity contribution in [2.45, 2.75) is 19.8 Å². The number of carboxylic acids is 1. The highest BCUT2D eigenvalue weighted by Crippen LogP contribution is 2.36. The van der Waals surface area contributed by atoms with Crippen LogP contribution in [-0.2, 0) is 4.79 Å². The molecule has 0 aromatic heterocycles. The van der Waals surface area contributed by atoms with Gasteiger partial charge < -0.3 is 15.9 Å². The molecule has 0 saturated heterocycles. The van der Waals surface area contributed by atoms with E-state index in [1.807, 2.05) is 0 Å². The van der Waals surface area contributed by atoms with Crippen LogP contribution in [0.25, 0.3) is 0 Å². The molecule has 0 spiro atoms. The van der Waals surface area contributed by atoms with Gasteiger partial charge in [-0.3, -0.25) is 4.79 Å². The molecule has 0 bridgehead atoms. The molecule has 0 saturated carbocycles. The van der Waals surface area contributed by atoms with E-state index in [1.54, 1.807) is 19.9 Å². The summed E-state index contributed by atoms with van der Waals surface area (Å²) in [6.45, 7) is 3.43. The van der Waals surface area contributed by atoms with Crippen molar-refractivity contribution in [3.63, 3.8) is 0 Å². The smallest absolute Gasteiger partial charge is 0.312 e. The van der Waals surface area contributed by atoms with E-state index in [9.17, 15) is 9.90 Å². The third-order valence-electron chi connectivity index (χ3n) is 2.62. The first kappa shape index (κ1) is 13.0. The van der Waals surface area contributed by atoms with E-state index in [-0.39, 0.29) is 12.3 Å². The summed E-state index contributed by atoms with van der Waals surface area (Å²) in [6, 6.07) is 1.75. The molecule has 1 atom stereocenters. The van der Waals surface area contributed by atoms with E-state index in [4.69, 9.17) is 10.8 Å². The largest absolute Gasteiger partial charge is 0.507 e. The van der Waals surface area contributed by atoms with Crippen LogP contribution in [0.5, 0.6) is 5.75 Å². The number of phenols is 1. The van der Waals surface area contributed by atoms with Gasteiger partial charge in [-0.05, 0) is 31.0 Å². The van der Waals surface area contributed by atoms with Gasteiger partial charge in [-0.1, -0.05) is 15.9 Å². The first-order valence-electron chi connectivity index (χ1n) is 4.81. The Morgan fingerprint density at radius 3 is 2.56 bits per heavy atom. The van der Waals surface area contributed by atoms with Crippen molar-refractivity contribution in [3.8, 4) is 5.75 Å². The number of phenolic OH excluding ortho intramolecular Hbond substituents is 1. The zero-order valence-corrected chi connectivity index (χ0v) is 10.7. The molecule has 0 fully saturated rings. The number of benzene rings is 1. The van der Waals surface area contributed by atoms with E-state index >= 15 is 0 Å². The second kappa shape index (κ2) is 4.84. The molecule has 88 valence electrons. The SMILES string of the molecule is Cc1cc(Br)c(C)c(C(CN)C(=O)O)c1O. The Morgan fingerprint density at radius 2 is 2.12 bits per heavy atom. The van der Waals surface area contributed by atoms with Crippen molar-refractivity contribution in [2.24, 2.45) is 5.73 Å². The van der Waals surface area contributed by atoms with Crippen LogP contribution >= 0.6 is 15.9 Å². The lowest BCUT2D eigenvalue weighted by molar-refractivity contribution is -0.138. The Morgan fingerprint density at radius 1 is 1.56 bits per heavy atom. The molecule has 1 aromatic rings. The predicted octanol–water partition coefficient (Wildman–Crippen LogP) is 1.90. The molecule has 0 heterocycles. The van der Waals surface area contributed by atoms with Crippen LogP contribution in [0.3, 0.4) is 0 Å². The molecule has 0 aliphatic carbocycles. The minimum Gasteiger partial charge on any atom is -0.507 e. The van der Waals surface area contributed by atoms with Gasteiger partial charge in [0.15, 0.2) is 0 Å². The van der Waals surface area contributed by atoms with E-state index < -0.39 is 11.9 Å². The van der Waals surface area contributed by atoms with Crippen LogP contribution in [0.2, 0.25) is 0 Å². The van der Waals surface area contributed by atoms with Gasteiger partial charge >= 0.3 is 5.97 Å². The van der Waals surface area contributed by atoms with Gasteiger partial charge in [0.2, 0.25) is 0 Å². The van der Waals surface area contributed by atoms with Crippen LogP contribution in [0.4, 0.5) is 0 Å². The maximum Gasteiger partial charge on any atom is 0.312 e. The summed E-state index contributed by atoms with van der Waals surface area (Å²) in [7, 11) is 0. The van der Waals surface area contributed by atoms with Gasteiger partial charge in [0.05, 0.1) is 5.92 Å². The van der Waals surface area contributed by atoms with Gasteiger partial charge in [0.1, 0.15) is 5.75 Å². The summed E-state index contributed by atoms with van der Waals surface area (Å²) < 4.78 is 0.775. The van der Waals surface area contributed by atoms with Crippen LogP contribution in [0.15, 0.2) is 10.5 Å². The van der Waals surface area contributed by atoms with Crippen molar-refractivity contribution >= 4 is 21.9 Å². The van der Waals surface area contributed by atoms with Crippen molar-refractivity contribution in [1.29, 1.82) is 0 Å². The number of hydrogen-bond acceptors (Lipinski definition) is 3. The fourth-order valence-electron chi connectivity index (χ4n) is 1.65. The molecule has 1 aromatic carbocycles. The Balaban J connectivity index is 3.47. The van der Waals surface area contributed by atoms with E-state index in [0.717, 1.165) is 4.47 Å². The van der Waals surface area contributed by atoms with Gasteiger partial charge in [0, 0.05) is 16.6 Å². The Labute approximate surface area is 102 Å². The third-order valence-corrected chi connectivity index (χ3v) is 3.44. The van der Waals surface area contributed by atoms with Crippen molar-refractivity contribution in [3.05, 3.63) is 27.2 Å². The van der Waals surface area contributed by atoms with Crippen molar-refractivity contribution < 1.29 is 15.0 Å². The molecule has 16 heavy (non-hydrogen) atoms. The van der Waals surface area contributed by atoms with E-state index in [0.29, 0.717) is 16.7 Å². The number of nitrogens with two attached hydrogens (primary N) is 1. The molecule has 1 unspecified atom stereocenters. The van der Waals surface area contributed by atoms with E-state index in [2.05, 4.69) is 15.9 Å². The summed E-state index contributed by atoms with van der Waals surface area (Å²) in [4.78, 5) is 11.1. The molecule has 0 amide bonds. The fraction of sp³-hybridized carbons (Fsp3) is 0.364. The fourth-order valence-corrected chi connectivity index (χ4v) is 2.21. The first-order valence-corrected chi connectivity index (χ1v) is 5.60. The number of aliphatic carboxylic acids is 1. The predicted molar refractivity (Wildman–Crippen MR) is 64.7 cm³/mol. The zero-order valence-electron chi connectivity index (χ0n) is 9.12. The quantitative estimate of drug-likeness (QED) is 0.793. The standard InChI is InChI=1S/C11H14BrNO3/c1-5-3-8(12)6(2)9(10(5)14)7(4-13)11(15)16/h3,7,14H,4,13H2,1-2H3,(H,15,16). The average Bonchev–Trinajstić information content (AvgIpc) is 2.21. The number of aromatic hydroxyl groups is 1. The second-order valence-corrected chi connectivity index (χ2v) is 4.54. The minimum absolute atomic E-state index is 0.0125. The second-order valence-electron chi connectivity index (χ2n) is 3.69. The Hall–Kier alpha value is -1.07. The monoisotopic (exact) mass is 287 g/mol.